The summed E-state index contributed by atoms with van der Waals surface area (Å²) in [5.41, 5.74) is -3.62. The van der Waals surface area contributed by atoms with Crippen molar-refractivity contribution in [3.63, 3.8) is 0 Å². The van der Waals surface area contributed by atoms with Crippen LogP contribution in [-0.2, 0) is 10.4 Å². The molecule has 0 spiro atoms. The Kier molecular flexibility index (Phi) is 7.12. The van der Waals surface area contributed by atoms with Crippen LogP contribution in [0.4, 0.5) is 8.78 Å². The van der Waals surface area contributed by atoms with Gasteiger partial charge in [0.1, 0.15) is 16.1 Å². The molecule has 164 valence electrons. The van der Waals surface area contributed by atoms with Crippen molar-refractivity contribution in [2.45, 2.75) is 11.3 Å². The van der Waals surface area contributed by atoms with E-state index in [0.717, 1.165) is 0 Å². The van der Waals surface area contributed by atoms with Gasteiger partial charge in [-0.25, -0.2) is 13.6 Å². The molecule has 1 N–H and O–H groups in total. The number of halogens is 5. The van der Waals surface area contributed by atoms with E-state index in [1.54, 1.807) is 4.98 Å². The Morgan fingerprint density at radius 3 is 2.39 bits per heavy atom. The molecule has 0 saturated heterocycles. The van der Waals surface area contributed by atoms with E-state index in [1.165, 1.54) is 37.4 Å². The van der Waals surface area contributed by atoms with Crippen LogP contribution < -0.4 is 20.7 Å². The van der Waals surface area contributed by atoms with Gasteiger partial charge in [0.15, 0.2) is 27.9 Å². The van der Waals surface area contributed by atoms with Gasteiger partial charge in [-0.3, -0.25) is 9.78 Å². The van der Waals surface area contributed by atoms with Crippen LogP contribution in [0.15, 0.2) is 44.8 Å². The molecule has 0 aliphatic carbocycles. The molecule has 1 unspecified atom stereocenters. The molecule has 0 bridgehead atoms. The number of H-pyrrole nitrogens is 1. The van der Waals surface area contributed by atoms with Crippen molar-refractivity contribution < 1.29 is 22.8 Å². The van der Waals surface area contributed by atoms with E-state index in [0.29, 0.717) is 4.68 Å². The Morgan fingerprint density at radius 1 is 1.19 bits per heavy atom. The molecule has 1 atom stereocenters. The van der Waals surface area contributed by atoms with Crippen molar-refractivity contribution >= 4 is 44.3 Å². The fourth-order valence-electron chi connectivity index (χ4n) is 2.46. The van der Waals surface area contributed by atoms with Crippen molar-refractivity contribution in [1.82, 2.24) is 14.8 Å². The summed E-state index contributed by atoms with van der Waals surface area (Å²) in [5.74, 6) is 0.391. The molecule has 0 amide bonds. The third-order valence-electron chi connectivity index (χ3n) is 3.82. The highest BCUT2D eigenvalue weighted by molar-refractivity contribution is 8.13. The lowest BCUT2D eigenvalue weighted by molar-refractivity contribution is 0.141. The van der Waals surface area contributed by atoms with Gasteiger partial charge in [0.05, 0.1) is 22.8 Å². The number of nitrogens with zero attached hydrogens (tertiary/aromatic N) is 2. The van der Waals surface area contributed by atoms with E-state index < -0.39 is 33.8 Å². The smallest absolute Gasteiger partial charge is 0.349 e. The first-order valence-corrected chi connectivity index (χ1v) is 10.8. The van der Waals surface area contributed by atoms with Gasteiger partial charge < -0.3 is 14.0 Å². The van der Waals surface area contributed by atoms with Gasteiger partial charge in [0.25, 0.3) is 12.0 Å². The van der Waals surface area contributed by atoms with Gasteiger partial charge in [0, 0.05) is 6.07 Å². The highest BCUT2D eigenvalue weighted by Crippen LogP contribution is 2.40. The fraction of sp³-hybridized carbons (Fsp3) is 0.118. The van der Waals surface area contributed by atoms with Crippen LogP contribution in [0.3, 0.4) is 0 Å². The quantitative estimate of drug-likeness (QED) is 0.495. The van der Waals surface area contributed by atoms with Crippen molar-refractivity contribution in [3.8, 4) is 22.9 Å². The maximum atomic E-state index is 13.0. The molecule has 3 rings (SSSR count). The Bertz CT molecular complexity index is 1230. The Morgan fingerprint density at radius 2 is 1.84 bits per heavy atom. The molecule has 3 aromatic rings. The highest BCUT2D eigenvalue weighted by Gasteiger charge is 2.21. The molecule has 0 saturated carbocycles. The molecule has 31 heavy (non-hydrogen) atoms. The minimum Gasteiger partial charge on any atom is -0.594 e. The summed E-state index contributed by atoms with van der Waals surface area (Å²) in [6.07, 6.45) is -3.21. The summed E-state index contributed by atoms with van der Waals surface area (Å²) in [4.78, 5) is 25.4. The SMILES string of the molecule is COc1ccc(Oc2c(Cl)cc(-n3nc(C(F)F)c(=O)[nH]c3=O)cc2Cl)cc1[S+]([O-])Cl. The third kappa shape index (κ3) is 4.96. The largest absolute Gasteiger partial charge is 0.594 e. The Labute approximate surface area is 190 Å². The molecule has 1 aromatic heterocycles. The number of rotatable bonds is 6. The molecular weight excluding hydrogens is 503 g/mol. The van der Waals surface area contributed by atoms with Gasteiger partial charge in [-0.1, -0.05) is 23.2 Å². The standard InChI is InChI=1S/C17H10Cl3F2N3O5S/c1-29-11-3-2-8(6-12(11)31(20)28)30-14-9(18)4-7(5-10(14)19)25-17(27)23-16(26)13(24-25)15(21)22/h2-6,15H,1H3,(H,23,26,27). The summed E-state index contributed by atoms with van der Waals surface area (Å²) in [5, 5.41) is 3.17. The fourth-order valence-corrected chi connectivity index (χ4v) is 3.89. The monoisotopic (exact) mass is 511 g/mol. The summed E-state index contributed by atoms with van der Waals surface area (Å²) in [7, 11) is 5.12. The zero-order valence-electron chi connectivity index (χ0n) is 15.2. The zero-order valence-corrected chi connectivity index (χ0v) is 18.3. The van der Waals surface area contributed by atoms with Crippen LogP contribution in [0.5, 0.6) is 17.2 Å². The number of nitrogens with one attached hydrogen (secondary N) is 1. The Hall–Kier alpha value is -2.31. The predicted molar refractivity (Wildman–Crippen MR) is 111 cm³/mol. The van der Waals surface area contributed by atoms with Crippen LogP contribution in [0.25, 0.3) is 5.69 Å². The molecule has 0 radical (unpaired) electrons. The van der Waals surface area contributed by atoms with Crippen molar-refractivity contribution in [2.75, 3.05) is 7.11 Å². The molecular formula is C17H10Cl3F2N3O5S. The number of hydrogen-bond acceptors (Lipinski definition) is 6. The first-order chi connectivity index (χ1) is 14.6. The number of ether oxygens (including phenoxy) is 2. The number of benzene rings is 2. The second-order valence-corrected chi connectivity index (χ2v) is 8.28. The molecule has 14 heteroatoms. The second kappa shape index (κ2) is 9.45. The summed E-state index contributed by atoms with van der Waals surface area (Å²) < 4.78 is 48.8. The summed E-state index contributed by atoms with van der Waals surface area (Å²) in [6.45, 7) is 0. The molecule has 8 nitrogen and oxygen atoms in total. The lowest BCUT2D eigenvalue weighted by atomic mass is 10.3. The van der Waals surface area contributed by atoms with Crippen LogP contribution >= 0.6 is 33.9 Å². The minimum absolute atomic E-state index is 0.0462. The summed E-state index contributed by atoms with van der Waals surface area (Å²) >= 11 is 12.4. The first-order valence-electron chi connectivity index (χ1n) is 8.07. The predicted octanol–water partition coefficient (Wildman–Crippen LogP) is 4.23. The van der Waals surface area contributed by atoms with Crippen LogP contribution in [-0.4, -0.2) is 26.4 Å². The van der Waals surface area contributed by atoms with E-state index in [2.05, 4.69) is 5.10 Å². The topological polar surface area (TPSA) is 109 Å². The van der Waals surface area contributed by atoms with E-state index in [1.807, 2.05) is 0 Å². The molecule has 0 aliphatic heterocycles. The maximum absolute atomic E-state index is 13.0. The van der Waals surface area contributed by atoms with Crippen molar-refractivity contribution in [1.29, 1.82) is 0 Å². The minimum atomic E-state index is -3.21. The number of aromatic nitrogens is 3. The number of hydrogen-bond donors (Lipinski definition) is 1. The number of alkyl halides is 2. The van der Waals surface area contributed by atoms with Gasteiger partial charge in [0.2, 0.25) is 4.90 Å². The normalized spacial score (nSPS) is 12.1. The summed E-state index contributed by atoms with van der Waals surface area (Å²) in [6, 6.07) is 6.65. The van der Waals surface area contributed by atoms with Crippen molar-refractivity contribution in [3.05, 3.63) is 66.9 Å². The lowest BCUT2D eigenvalue weighted by Gasteiger charge is -2.14. The lowest BCUT2D eigenvalue weighted by Crippen LogP contribution is -2.34. The highest BCUT2D eigenvalue weighted by atomic mass is 35.7. The zero-order chi connectivity index (χ0) is 22.9. The second-order valence-electron chi connectivity index (χ2n) is 5.73. The van der Waals surface area contributed by atoms with Gasteiger partial charge >= 0.3 is 5.69 Å². The average Bonchev–Trinajstić information content (AvgIpc) is 2.70. The van der Waals surface area contributed by atoms with Crippen molar-refractivity contribution in [2.24, 2.45) is 0 Å². The number of methoxy groups -OCH3 is 1. The van der Waals surface area contributed by atoms with Crippen LogP contribution in [0, 0.1) is 0 Å². The third-order valence-corrected chi connectivity index (χ3v) is 5.54. The number of aromatic amines is 1. The van der Waals surface area contributed by atoms with E-state index in [-0.39, 0.29) is 37.9 Å². The molecule has 2 aromatic carbocycles. The molecule has 0 aliphatic rings. The average molecular weight is 513 g/mol. The molecule has 1 heterocycles. The Balaban J connectivity index is 2.03. The van der Waals surface area contributed by atoms with Crippen LogP contribution in [0.1, 0.15) is 12.1 Å². The van der Waals surface area contributed by atoms with E-state index in [4.69, 9.17) is 43.4 Å². The maximum Gasteiger partial charge on any atom is 0.349 e. The van der Waals surface area contributed by atoms with Gasteiger partial charge in [-0.2, -0.15) is 9.78 Å². The van der Waals surface area contributed by atoms with Gasteiger partial charge in [-0.05, 0) is 24.3 Å². The van der Waals surface area contributed by atoms with Gasteiger partial charge in [-0.15, -0.1) is 0 Å². The van der Waals surface area contributed by atoms with Crippen LogP contribution in [0.2, 0.25) is 10.0 Å². The molecule has 0 fully saturated rings. The first kappa shape index (κ1) is 23.4. The van der Waals surface area contributed by atoms with E-state index in [9.17, 15) is 22.9 Å². The van der Waals surface area contributed by atoms with E-state index >= 15 is 0 Å².